The maximum atomic E-state index is 6.09. The van der Waals surface area contributed by atoms with Crippen molar-refractivity contribution in [2.75, 3.05) is 13.2 Å². The molecule has 0 aliphatic carbocycles. The first-order chi connectivity index (χ1) is 17.2. The van der Waals surface area contributed by atoms with Crippen LogP contribution in [0.15, 0.2) is 60.7 Å². The predicted octanol–water partition coefficient (Wildman–Crippen LogP) is 10.3. The molecule has 2 atom stereocenters. The normalized spacial score (nSPS) is 12.9. The van der Waals surface area contributed by atoms with E-state index >= 15 is 0 Å². The van der Waals surface area contributed by atoms with E-state index in [1.807, 2.05) is 11.3 Å². The summed E-state index contributed by atoms with van der Waals surface area (Å²) >= 11 is 1.83. The largest absolute Gasteiger partial charge is 0.493 e. The standard InChI is InChI=1S/C32H44O2S/c1-5-9-11-25(7-3)23-33-29-17-13-27(14-18-29)31-21-22-32(35-31)28-15-19-30(20-16-28)34-24-26(8-4)12-10-6-2/h13-22,25-26H,5-12,23-24H2,1-4H3. The minimum atomic E-state index is 0.653. The molecule has 1 aromatic heterocycles. The SMILES string of the molecule is CCCCC(CC)COc1ccc(-c2ccc(-c3ccc(OCC(CC)CCCC)cc3)s2)cc1. The molecule has 1 heterocycles. The topological polar surface area (TPSA) is 18.5 Å². The van der Waals surface area contributed by atoms with Gasteiger partial charge in [-0.1, -0.05) is 66.2 Å². The van der Waals surface area contributed by atoms with Crippen molar-refractivity contribution >= 4 is 11.3 Å². The molecule has 35 heavy (non-hydrogen) atoms. The van der Waals surface area contributed by atoms with E-state index in [0.717, 1.165) is 24.7 Å². The molecule has 0 saturated heterocycles. The number of hydrogen-bond acceptors (Lipinski definition) is 3. The van der Waals surface area contributed by atoms with Crippen molar-refractivity contribution in [3.63, 3.8) is 0 Å². The number of hydrogen-bond donors (Lipinski definition) is 0. The Hall–Kier alpha value is -2.26. The lowest BCUT2D eigenvalue weighted by atomic mass is 10.0. The first-order valence-corrected chi connectivity index (χ1v) is 14.5. The highest BCUT2D eigenvalue weighted by molar-refractivity contribution is 7.18. The minimum Gasteiger partial charge on any atom is -0.493 e. The van der Waals surface area contributed by atoms with E-state index in [0.29, 0.717) is 11.8 Å². The molecule has 2 unspecified atom stereocenters. The molecule has 0 N–H and O–H groups in total. The molecule has 0 amide bonds. The van der Waals surface area contributed by atoms with Crippen molar-refractivity contribution in [3.05, 3.63) is 60.7 Å². The molecule has 2 nitrogen and oxygen atoms in total. The lowest BCUT2D eigenvalue weighted by Crippen LogP contribution is -2.11. The Labute approximate surface area is 217 Å². The van der Waals surface area contributed by atoms with Gasteiger partial charge in [-0.15, -0.1) is 11.3 Å². The van der Waals surface area contributed by atoms with Gasteiger partial charge in [0.25, 0.3) is 0 Å². The summed E-state index contributed by atoms with van der Waals surface area (Å²) in [5.41, 5.74) is 2.48. The summed E-state index contributed by atoms with van der Waals surface area (Å²) in [4.78, 5) is 2.56. The Morgan fingerprint density at radius 1 is 0.571 bits per heavy atom. The highest BCUT2D eigenvalue weighted by atomic mass is 32.1. The zero-order valence-corrected chi connectivity index (χ0v) is 23.0. The van der Waals surface area contributed by atoms with Crippen molar-refractivity contribution < 1.29 is 9.47 Å². The van der Waals surface area contributed by atoms with E-state index in [2.05, 4.69) is 88.4 Å². The minimum absolute atomic E-state index is 0.653. The number of benzene rings is 2. The van der Waals surface area contributed by atoms with Crippen molar-refractivity contribution in [3.8, 4) is 32.4 Å². The first-order valence-electron chi connectivity index (χ1n) is 13.7. The second kappa shape index (κ2) is 15.0. The summed E-state index contributed by atoms with van der Waals surface area (Å²) in [5.74, 6) is 3.24. The van der Waals surface area contributed by atoms with Crippen LogP contribution in [0.25, 0.3) is 20.9 Å². The maximum Gasteiger partial charge on any atom is 0.119 e. The maximum absolute atomic E-state index is 6.09. The van der Waals surface area contributed by atoms with Crippen LogP contribution in [0.3, 0.4) is 0 Å². The second-order valence-electron chi connectivity index (χ2n) is 9.67. The van der Waals surface area contributed by atoms with E-state index in [4.69, 9.17) is 9.47 Å². The smallest absolute Gasteiger partial charge is 0.119 e. The van der Waals surface area contributed by atoms with Crippen LogP contribution >= 0.6 is 11.3 Å². The first kappa shape index (κ1) is 27.3. The number of thiophene rings is 1. The molecule has 0 fully saturated rings. The molecule has 0 saturated carbocycles. The van der Waals surface area contributed by atoms with Gasteiger partial charge in [0.05, 0.1) is 13.2 Å². The van der Waals surface area contributed by atoms with Gasteiger partial charge in [0.1, 0.15) is 11.5 Å². The predicted molar refractivity (Wildman–Crippen MR) is 153 cm³/mol. The molecule has 0 spiro atoms. The van der Waals surface area contributed by atoms with Gasteiger partial charge in [-0.05, 0) is 96.5 Å². The van der Waals surface area contributed by atoms with E-state index in [-0.39, 0.29) is 0 Å². The molecule has 3 aromatic rings. The fraction of sp³-hybridized carbons (Fsp3) is 0.500. The van der Waals surface area contributed by atoms with Gasteiger partial charge in [0.15, 0.2) is 0 Å². The third-order valence-electron chi connectivity index (χ3n) is 6.94. The number of rotatable bonds is 16. The Morgan fingerprint density at radius 2 is 0.971 bits per heavy atom. The van der Waals surface area contributed by atoms with E-state index in [9.17, 15) is 0 Å². The third-order valence-corrected chi connectivity index (χ3v) is 8.13. The average Bonchev–Trinajstić information content (AvgIpc) is 3.40. The number of ether oxygens (including phenoxy) is 2. The summed E-state index contributed by atoms with van der Waals surface area (Å²) in [7, 11) is 0. The zero-order chi connectivity index (χ0) is 24.9. The Morgan fingerprint density at radius 3 is 1.31 bits per heavy atom. The van der Waals surface area contributed by atoms with Crippen molar-refractivity contribution in [2.45, 2.75) is 79.1 Å². The summed E-state index contributed by atoms with van der Waals surface area (Å²) in [5, 5.41) is 0. The zero-order valence-electron chi connectivity index (χ0n) is 22.2. The molecular weight excluding hydrogens is 448 g/mol. The summed E-state index contributed by atoms with van der Waals surface area (Å²) in [6, 6.07) is 21.6. The van der Waals surface area contributed by atoms with Gasteiger partial charge in [0.2, 0.25) is 0 Å². The lowest BCUT2D eigenvalue weighted by Gasteiger charge is -2.15. The quantitative estimate of drug-likeness (QED) is 0.198. The lowest BCUT2D eigenvalue weighted by molar-refractivity contribution is 0.233. The summed E-state index contributed by atoms with van der Waals surface area (Å²) in [6.07, 6.45) is 9.96. The summed E-state index contributed by atoms with van der Waals surface area (Å²) in [6.45, 7) is 10.7. The van der Waals surface area contributed by atoms with Crippen LogP contribution in [0.4, 0.5) is 0 Å². The molecule has 0 bridgehead atoms. The van der Waals surface area contributed by atoms with Crippen LogP contribution in [-0.2, 0) is 0 Å². The van der Waals surface area contributed by atoms with Gasteiger partial charge in [-0.2, -0.15) is 0 Å². The Bertz CT molecular complexity index is 880. The van der Waals surface area contributed by atoms with Crippen molar-refractivity contribution in [1.29, 1.82) is 0 Å². The van der Waals surface area contributed by atoms with Crippen molar-refractivity contribution in [1.82, 2.24) is 0 Å². The number of unbranched alkanes of at least 4 members (excludes halogenated alkanes) is 2. The molecule has 2 aromatic carbocycles. The van der Waals surface area contributed by atoms with Gasteiger partial charge in [-0.3, -0.25) is 0 Å². The average molecular weight is 493 g/mol. The van der Waals surface area contributed by atoms with Crippen LogP contribution < -0.4 is 9.47 Å². The van der Waals surface area contributed by atoms with Gasteiger partial charge in [-0.25, -0.2) is 0 Å². The van der Waals surface area contributed by atoms with Crippen LogP contribution in [-0.4, -0.2) is 13.2 Å². The molecular formula is C32H44O2S. The molecule has 3 heteroatoms. The molecule has 0 aliphatic heterocycles. The van der Waals surface area contributed by atoms with Crippen molar-refractivity contribution in [2.24, 2.45) is 11.8 Å². The van der Waals surface area contributed by atoms with Gasteiger partial charge < -0.3 is 9.47 Å². The fourth-order valence-corrected chi connectivity index (χ4v) is 5.32. The highest BCUT2D eigenvalue weighted by Crippen LogP contribution is 2.35. The molecule has 3 rings (SSSR count). The molecule has 0 radical (unpaired) electrons. The fourth-order valence-electron chi connectivity index (χ4n) is 4.30. The Balaban J connectivity index is 1.55. The van der Waals surface area contributed by atoms with Crippen LogP contribution in [0.5, 0.6) is 11.5 Å². The highest BCUT2D eigenvalue weighted by Gasteiger charge is 2.10. The van der Waals surface area contributed by atoms with Crippen LogP contribution in [0, 0.1) is 11.8 Å². The molecule has 190 valence electrons. The van der Waals surface area contributed by atoms with Crippen LogP contribution in [0.2, 0.25) is 0 Å². The van der Waals surface area contributed by atoms with E-state index < -0.39 is 0 Å². The van der Waals surface area contributed by atoms with Crippen LogP contribution in [0.1, 0.15) is 79.1 Å². The summed E-state index contributed by atoms with van der Waals surface area (Å²) < 4.78 is 12.2. The molecule has 0 aliphatic rings. The monoisotopic (exact) mass is 492 g/mol. The second-order valence-corrected chi connectivity index (χ2v) is 10.8. The van der Waals surface area contributed by atoms with Gasteiger partial charge in [0, 0.05) is 9.75 Å². The van der Waals surface area contributed by atoms with Gasteiger partial charge >= 0.3 is 0 Å². The third kappa shape index (κ3) is 8.72. The van der Waals surface area contributed by atoms with E-state index in [1.54, 1.807) is 0 Å². The van der Waals surface area contributed by atoms with E-state index in [1.165, 1.54) is 72.2 Å². The Kier molecular flexibility index (Phi) is 11.7.